The number of piperidine rings is 1. The van der Waals surface area contributed by atoms with Gasteiger partial charge in [-0.1, -0.05) is 18.2 Å². The van der Waals surface area contributed by atoms with E-state index < -0.39 is 11.8 Å². The van der Waals surface area contributed by atoms with Crippen molar-refractivity contribution in [3.8, 4) is 0 Å². The number of hydrogen-bond donors (Lipinski definition) is 2. The lowest BCUT2D eigenvalue weighted by atomic mass is 9.82. The van der Waals surface area contributed by atoms with Crippen LogP contribution in [0.5, 0.6) is 0 Å². The molecule has 5 rings (SSSR count). The quantitative estimate of drug-likeness (QED) is 0.338. The maximum atomic E-state index is 13.9. The molecule has 1 aromatic heterocycles. The number of nitrogens with one attached hydrogen (secondary N) is 1. The van der Waals surface area contributed by atoms with E-state index in [9.17, 15) is 9.59 Å². The van der Waals surface area contributed by atoms with Crippen LogP contribution in [-0.4, -0.2) is 93.0 Å². The molecule has 3 atom stereocenters. The summed E-state index contributed by atoms with van der Waals surface area (Å²) in [6.45, 7) is 5.38. The van der Waals surface area contributed by atoms with Crippen molar-refractivity contribution in [2.24, 2.45) is 5.92 Å². The van der Waals surface area contributed by atoms with Crippen LogP contribution in [0, 0.1) is 5.92 Å². The first-order valence-electron chi connectivity index (χ1n) is 14.8. The van der Waals surface area contributed by atoms with Gasteiger partial charge in [-0.15, -0.1) is 0 Å². The SMILES string of the molecule is CCO[C@H]1OC(C(=O)N2CCC3(CC2)C(=O)NCN3c2ccccc2)=C[C@@H](c2ccsc2)[C@@H]1CCOCCOCCO. The third-order valence-corrected chi connectivity index (χ3v) is 9.04. The molecule has 1 aromatic carbocycles. The molecule has 1 spiro atoms. The zero-order valence-electron chi connectivity index (χ0n) is 24.1. The van der Waals surface area contributed by atoms with Crippen LogP contribution in [0.4, 0.5) is 5.69 Å². The van der Waals surface area contributed by atoms with Gasteiger partial charge in [0, 0.05) is 43.8 Å². The second kappa shape index (κ2) is 14.5. The summed E-state index contributed by atoms with van der Waals surface area (Å²) in [5.41, 5.74) is 1.45. The number of aliphatic hydroxyl groups excluding tert-OH is 1. The largest absolute Gasteiger partial charge is 0.459 e. The number of benzene rings is 1. The number of amides is 2. The molecule has 42 heavy (non-hydrogen) atoms. The van der Waals surface area contributed by atoms with E-state index >= 15 is 0 Å². The van der Waals surface area contributed by atoms with Gasteiger partial charge in [-0.25, -0.2) is 0 Å². The van der Waals surface area contributed by atoms with Gasteiger partial charge in [-0.3, -0.25) is 9.59 Å². The van der Waals surface area contributed by atoms with Gasteiger partial charge in [-0.2, -0.15) is 11.3 Å². The van der Waals surface area contributed by atoms with E-state index in [-0.39, 0.29) is 30.3 Å². The number of likely N-dealkylation sites (tertiary alicyclic amines) is 1. The average molecular weight is 600 g/mol. The molecule has 2 amide bonds. The molecule has 2 aromatic rings. The second-order valence-corrected chi connectivity index (χ2v) is 11.5. The van der Waals surface area contributed by atoms with Crippen molar-refractivity contribution in [2.45, 2.75) is 43.9 Å². The Labute approximate surface area is 251 Å². The molecule has 228 valence electrons. The molecule has 0 radical (unpaired) electrons. The molecule has 2 fully saturated rings. The predicted molar refractivity (Wildman–Crippen MR) is 159 cm³/mol. The normalized spacial score (nSPS) is 23.5. The van der Waals surface area contributed by atoms with Gasteiger partial charge >= 0.3 is 0 Å². The predicted octanol–water partition coefficient (Wildman–Crippen LogP) is 3.10. The number of para-hydroxylation sites is 1. The van der Waals surface area contributed by atoms with Crippen molar-refractivity contribution in [3.05, 3.63) is 64.6 Å². The summed E-state index contributed by atoms with van der Waals surface area (Å²) in [5.74, 6) is 0.0347. The fourth-order valence-electron chi connectivity index (χ4n) is 6.15. The number of carbonyl (C=O) groups is 2. The van der Waals surface area contributed by atoms with E-state index in [4.69, 9.17) is 24.1 Å². The molecule has 0 saturated carbocycles. The van der Waals surface area contributed by atoms with Crippen molar-refractivity contribution in [2.75, 3.05) is 64.3 Å². The minimum atomic E-state index is -0.665. The Morgan fingerprint density at radius 1 is 1.12 bits per heavy atom. The summed E-state index contributed by atoms with van der Waals surface area (Å²) in [4.78, 5) is 30.9. The lowest BCUT2D eigenvalue weighted by Crippen LogP contribution is -2.57. The highest BCUT2D eigenvalue weighted by Gasteiger charge is 2.51. The van der Waals surface area contributed by atoms with Crippen molar-refractivity contribution >= 4 is 28.8 Å². The lowest BCUT2D eigenvalue weighted by molar-refractivity contribution is -0.172. The van der Waals surface area contributed by atoms with Crippen molar-refractivity contribution in [1.29, 1.82) is 0 Å². The van der Waals surface area contributed by atoms with E-state index in [1.807, 2.05) is 48.7 Å². The van der Waals surface area contributed by atoms with E-state index in [1.165, 1.54) is 0 Å². The van der Waals surface area contributed by atoms with E-state index in [1.54, 1.807) is 16.2 Å². The summed E-state index contributed by atoms with van der Waals surface area (Å²) in [7, 11) is 0. The maximum Gasteiger partial charge on any atom is 0.288 e. The number of rotatable bonds is 13. The third-order valence-electron chi connectivity index (χ3n) is 8.34. The number of carbonyl (C=O) groups excluding carboxylic acids is 2. The van der Waals surface area contributed by atoms with Gasteiger partial charge in [0.25, 0.3) is 5.91 Å². The molecular weight excluding hydrogens is 558 g/mol. The third kappa shape index (κ3) is 6.65. The maximum absolute atomic E-state index is 13.9. The number of anilines is 1. The molecule has 0 aliphatic carbocycles. The molecule has 10 nitrogen and oxygen atoms in total. The standard InChI is InChI=1S/C31H41N3O7S/c1-2-40-29-25(8-15-38-17-18-39-16-14-35)26(23-9-19-42-21-23)20-27(41-29)28(36)33-12-10-31(11-13-33)30(37)32-22-34(31)24-6-4-3-5-7-24/h3-7,9,19-21,25-26,29,35H,2,8,10-18,22H2,1H3,(H,32,37)/t25-,26-,29-/m0/s1. The van der Waals surface area contributed by atoms with Crippen LogP contribution in [-0.2, 0) is 28.5 Å². The van der Waals surface area contributed by atoms with Gasteiger partial charge in [0.2, 0.25) is 12.2 Å². The number of nitrogens with zero attached hydrogens (tertiary/aromatic N) is 2. The summed E-state index contributed by atoms with van der Waals surface area (Å²) in [6, 6.07) is 12.0. The van der Waals surface area contributed by atoms with Gasteiger partial charge in [-0.05, 0) is 66.8 Å². The Hall–Kier alpha value is -2.96. The van der Waals surface area contributed by atoms with Crippen LogP contribution in [0.3, 0.4) is 0 Å². The van der Waals surface area contributed by atoms with Gasteiger partial charge < -0.3 is 39.2 Å². The Bertz CT molecular complexity index is 1180. The molecule has 3 aliphatic heterocycles. The first kappa shape index (κ1) is 30.5. The Morgan fingerprint density at radius 2 is 1.88 bits per heavy atom. The van der Waals surface area contributed by atoms with Gasteiger partial charge in [0.1, 0.15) is 5.54 Å². The zero-order chi connectivity index (χ0) is 29.4. The van der Waals surface area contributed by atoms with Gasteiger partial charge in [0.05, 0.1) is 33.1 Å². The number of hydrogen-bond acceptors (Lipinski definition) is 9. The Kier molecular flexibility index (Phi) is 10.5. The molecule has 2 N–H and O–H groups in total. The molecule has 3 aliphatic rings. The van der Waals surface area contributed by atoms with Crippen molar-refractivity contribution < 1.29 is 33.6 Å². The minimum Gasteiger partial charge on any atom is -0.459 e. The Morgan fingerprint density at radius 3 is 2.57 bits per heavy atom. The molecule has 0 unspecified atom stereocenters. The van der Waals surface area contributed by atoms with Gasteiger partial charge in [0.15, 0.2) is 5.76 Å². The summed E-state index contributed by atoms with van der Waals surface area (Å²) in [6.07, 6.45) is 3.11. The smallest absolute Gasteiger partial charge is 0.288 e. The number of aliphatic hydroxyl groups is 1. The summed E-state index contributed by atoms with van der Waals surface area (Å²) < 4.78 is 23.4. The van der Waals surface area contributed by atoms with Crippen LogP contribution in [0.25, 0.3) is 0 Å². The molecule has 4 heterocycles. The highest BCUT2D eigenvalue weighted by atomic mass is 32.1. The molecular formula is C31H41N3O7S. The minimum absolute atomic E-state index is 0.00900. The number of thiophene rings is 1. The lowest BCUT2D eigenvalue weighted by Gasteiger charge is -2.44. The van der Waals surface area contributed by atoms with Crippen LogP contribution >= 0.6 is 11.3 Å². The van der Waals surface area contributed by atoms with E-state index in [0.717, 1.165) is 11.3 Å². The van der Waals surface area contributed by atoms with Crippen LogP contribution < -0.4 is 10.2 Å². The summed E-state index contributed by atoms with van der Waals surface area (Å²) >= 11 is 1.62. The molecule has 11 heteroatoms. The van der Waals surface area contributed by atoms with Crippen LogP contribution in [0.15, 0.2) is 59.0 Å². The molecule has 2 saturated heterocycles. The summed E-state index contributed by atoms with van der Waals surface area (Å²) in [5, 5.41) is 16.0. The second-order valence-electron chi connectivity index (χ2n) is 10.7. The monoisotopic (exact) mass is 599 g/mol. The first-order chi connectivity index (χ1) is 20.6. The van der Waals surface area contributed by atoms with Crippen molar-refractivity contribution in [3.63, 3.8) is 0 Å². The van der Waals surface area contributed by atoms with Crippen LogP contribution in [0.1, 0.15) is 37.7 Å². The average Bonchev–Trinajstić information content (AvgIpc) is 3.66. The topological polar surface area (TPSA) is 110 Å². The highest BCUT2D eigenvalue weighted by Crippen LogP contribution is 2.41. The van der Waals surface area contributed by atoms with E-state index in [0.29, 0.717) is 77.8 Å². The fourth-order valence-corrected chi connectivity index (χ4v) is 6.86. The molecule has 0 bridgehead atoms. The van der Waals surface area contributed by atoms with Crippen LogP contribution in [0.2, 0.25) is 0 Å². The highest BCUT2D eigenvalue weighted by molar-refractivity contribution is 7.08. The Balaban J connectivity index is 1.28. The van der Waals surface area contributed by atoms with Crippen molar-refractivity contribution in [1.82, 2.24) is 10.2 Å². The zero-order valence-corrected chi connectivity index (χ0v) is 24.9. The van der Waals surface area contributed by atoms with E-state index in [2.05, 4.69) is 21.7 Å². The number of allylic oxidation sites excluding steroid dienone is 1. The first-order valence-corrected chi connectivity index (χ1v) is 15.7. The number of ether oxygens (including phenoxy) is 4. The fraction of sp³-hybridized carbons (Fsp3) is 0.548.